The zero-order valence-corrected chi connectivity index (χ0v) is 14.9. The van der Waals surface area contributed by atoms with Crippen molar-refractivity contribution in [3.63, 3.8) is 0 Å². The normalized spacial score (nSPS) is 10.8. The maximum absolute atomic E-state index is 12.0. The lowest BCUT2D eigenvalue weighted by molar-refractivity contribution is -0.116. The quantitative estimate of drug-likeness (QED) is 0.632. The summed E-state index contributed by atoms with van der Waals surface area (Å²) in [4.78, 5) is 27.9. The maximum Gasteiger partial charge on any atom is 0.248 e. The number of anilines is 2. The monoisotopic (exact) mass is 367 g/mol. The van der Waals surface area contributed by atoms with Crippen LogP contribution in [0.5, 0.6) is 0 Å². The Morgan fingerprint density at radius 2 is 2.12 bits per heavy atom. The van der Waals surface area contributed by atoms with Gasteiger partial charge in [-0.3, -0.25) is 9.59 Å². The van der Waals surface area contributed by atoms with Crippen molar-refractivity contribution in [2.75, 3.05) is 10.6 Å². The van der Waals surface area contributed by atoms with E-state index in [0.29, 0.717) is 23.0 Å². The fourth-order valence-corrected chi connectivity index (χ4v) is 2.89. The number of amides is 2. The number of thiazole rings is 1. The molecule has 0 radical (unpaired) electrons. The van der Waals surface area contributed by atoms with Crippen molar-refractivity contribution in [2.24, 2.45) is 0 Å². The first-order valence-corrected chi connectivity index (χ1v) is 8.90. The van der Waals surface area contributed by atoms with Gasteiger partial charge in [-0.15, -0.1) is 11.3 Å². The molecule has 0 aliphatic rings. The first-order chi connectivity index (χ1) is 12.6. The van der Waals surface area contributed by atoms with Crippen molar-refractivity contribution < 1.29 is 14.0 Å². The highest BCUT2D eigenvalue weighted by Crippen LogP contribution is 2.27. The Balaban J connectivity index is 1.68. The van der Waals surface area contributed by atoms with Crippen molar-refractivity contribution in [1.29, 1.82) is 0 Å². The Hall–Kier alpha value is -3.19. The summed E-state index contributed by atoms with van der Waals surface area (Å²) < 4.78 is 5.15. The molecule has 0 atom stereocenters. The van der Waals surface area contributed by atoms with Gasteiger partial charge in [0, 0.05) is 29.1 Å². The number of carbonyl (C=O) groups excluding carboxylic acids is 2. The molecular weight excluding hydrogens is 350 g/mol. The van der Waals surface area contributed by atoms with Gasteiger partial charge in [0.15, 0.2) is 5.13 Å². The second-order valence-corrected chi connectivity index (χ2v) is 6.22. The Bertz CT molecular complexity index is 929. The minimum absolute atomic E-state index is 0.0738. The van der Waals surface area contributed by atoms with E-state index in [2.05, 4.69) is 15.6 Å². The van der Waals surface area contributed by atoms with Crippen molar-refractivity contribution in [1.82, 2.24) is 4.98 Å². The average molecular weight is 367 g/mol. The van der Waals surface area contributed by atoms with Gasteiger partial charge in [-0.1, -0.05) is 19.1 Å². The topological polar surface area (TPSA) is 84.2 Å². The molecule has 3 rings (SSSR count). The van der Waals surface area contributed by atoms with E-state index in [1.165, 1.54) is 17.4 Å². The van der Waals surface area contributed by atoms with E-state index in [-0.39, 0.29) is 11.8 Å². The minimum atomic E-state index is -0.257. The van der Waals surface area contributed by atoms with Crippen molar-refractivity contribution in [2.45, 2.75) is 13.3 Å². The van der Waals surface area contributed by atoms with Crippen LogP contribution in [0.15, 0.2) is 58.5 Å². The molecule has 0 aliphatic carbocycles. The molecule has 0 unspecified atom stereocenters. The summed E-state index contributed by atoms with van der Waals surface area (Å²) in [6, 6.07) is 10.9. The van der Waals surface area contributed by atoms with E-state index >= 15 is 0 Å². The van der Waals surface area contributed by atoms with Crippen LogP contribution in [0.25, 0.3) is 17.3 Å². The van der Waals surface area contributed by atoms with Crippen molar-refractivity contribution in [3.05, 3.63) is 59.9 Å². The number of hydrogen-bond donors (Lipinski definition) is 2. The summed E-state index contributed by atoms with van der Waals surface area (Å²) in [6.07, 6.45) is 4.96. The standard InChI is InChI=1S/C19H17N3O3S/c1-2-17(23)22-19-21-16(12-26-19)13-5-3-6-14(11-13)20-18(24)9-8-15-7-4-10-25-15/h3-12H,2H2,1H3,(H,20,24)(H,21,22,23). The lowest BCUT2D eigenvalue weighted by Gasteiger charge is -2.04. The predicted molar refractivity (Wildman–Crippen MR) is 103 cm³/mol. The van der Waals surface area contributed by atoms with Crippen LogP contribution in [0.2, 0.25) is 0 Å². The van der Waals surface area contributed by atoms with Gasteiger partial charge >= 0.3 is 0 Å². The number of nitrogens with zero attached hydrogens (tertiary/aromatic N) is 1. The summed E-state index contributed by atoms with van der Waals surface area (Å²) >= 11 is 1.36. The van der Waals surface area contributed by atoms with Gasteiger partial charge in [0.2, 0.25) is 11.8 Å². The molecule has 2 aromatic heterocycles. The zero-order chi connectivity index (χ0) is 18.4. The van der Waals surface area contributed by atoms with Gasteiger partial charge in [0.05, 0.1) is 12.0 Å². The molecule has 0 saturated heterocycles. The molecule has 26 heavy (non-hydrogen) atoms. The van der Waals surface area contributed by atoms with Crippen LogP contribution < -0.4 is 10.6 Å². The third kappa shape index (κ3) is 4.67. The molecule has 132 valence electrons. The molecule has 0 fully saturated rings. The summed E-state index contributed by atoms with van der Waals surface area (Å²) in [5.41, 5.74) is 2.25. The van der Waals surface area contributed by atoms with E-state index < -0.39 is 0 Å². The summed E-state index contributed by atoms with van der Waals surface area (Å²) in [7, 11) is 0. The molecule has 2 amide bonds. The highest BCUT2D eigenvalue weighted by molar-refractivity contribution is 7.14. The van der Waals surface area contributed by atoms with Crippen LogP contribution in [0, 0.1) is 0 Å². The first kappa shape index (κ1) is 17.6. The first-order valence-electron chi connectivity index (χ1n) is 8.02. The lowest BCUT2D eigenvalue weighted by atomic mass is 10.1. The van der Waals surface area contributed by atoms with Gasteiger partial charge < -0.3 is 15.1 Å². The van der Waals surface area contributed by atoms with E-state index in [0.717, 1.165) is 11.3 Å². The fraction of sp³-hybridized carbons (Fsp3) is 0.105. The number of hydrogen-bond acceptors (Lipinski definition) is 5. The smallest absolute Gasteiger partial charge is 0.248 e. The summed E-state index contributed by atoms with van der Waals surface area (Å²) in [5, 5.41) is 7.96. The largest absolute Gasteiger partial charge is 0.465 e. The number of furan rings is 1. The van der Waals surface area contributed by atoms with Crippen molar-refractivity contribution >= 4 is 40.0 Å². The molecule has 1 aromatic carbocycles. The third-order valence-electron chi connectivity index (χ3n) is 3.44. The van der Waals surface area contributed by atoms with E-state index in [4.69, 9.17) is 4.42 Å². The van der Waals surface area contributed by atoms with Gasteiger partial charge in [0.25, 0.3) is 0 Å². The molecule has 0 bridgehead atoms. The van der Waals surface area contributed by atoms with Gasteiger partial charge in [0.1, 0.15) is 5.76 Å². The Labute approximate surface area is 154 Å². The molecule has 0 spiro atoms. The van der Waals surface area contributed by atoms with Crippen LogP contribution in [-0.2, 0) is 9.59 Å². The highest BCUT2D eigenvalue weighted by Gasteiger charge is 2.08. The number of nitrogens with one attached hydrogen (secondary N) is 2. The van der Waals surface area contributed by atoms with Crippen LogP contribution in [-0.4, -0.2) is 16.8 Å². The number of aromatic nitrogens is 1. The highest BCUT2D eigenvalue weighted by atomic mass is 32.1. The fourth-order valence-electron chi connectivity index (χ4n) is 2.16. The number of benzene rings is 1. The molecular formula is C19H17N3O3S. The molecule has 6 nitrogen and oxygen atoms in total. The van der Waals surface area contributed by atoms with Crippen LogP contribution in [0.3, 0.4) is 0 Å². The van der Waals surface area contributed by atoms with Crippen LogP contribution >= 0.6 is 11.3 Å². The average Bonchev–Trinajstić information content (AvgIpc) is 3.32. The van der Waals surface area contributed by atoms with E-state index in [9.17, 15) is 9.59 Å². The zero-order valence-electron chi connectivity index (χ0n) is 14.1. The molecule has 2 heterocycles. The summed E-state index contributed by atoms with van der Waals surface area (Å²) in [6.45, 7) is 1.79. The number of carbonyl (C=O) groups is 2. The Morgan fingerprint density at radius 1 is 1.23 bits per heavy atom. The minimum Gasteiger partial charge on any atom is -0.465 e. The molecule has 2 N–H and O–H groups in total. The lowest BCUT2D eigenvalue weighted by Crippen LogP contribution is -2.09. The Morgan fingerprint density at radius 3 is 2.88 bits per heavy atom. The maximum atomic E-state index is 12.0. The SMILES string of the molecule is CCC(=O)Nc1nc(-c2cccc(NC(=O)C=Cc3ccco3)c2)cs1. The van der Waals surface area contributed by atoms with Gasteiger partial charge in [-0.2, -0.15) is 0 Å². The van der Waals surface area contributed by atoms with Gasteiger partial charge in [-0.25, -0.2) is 4.98 Å². The van der Waals surface area contributed by atoms with Gasteiger partial charge in [-0.05, 0) is 30.3 Å². The predicted octanol–water partition coefficient (Wildman–Crippen LogP) is 4.40. The molecule has 0 saturated carbocycles. The van der Waals surface area contributed by atoms with E-state index in [1.54, 1.807) is 37.5 Å². The van der Waals surface area contributed by atoms with Crippen LogP contribution in [0.1, 0.15) is 19.1 Å². The Kier molecular flexibility index (Phi) is 5.60. The molecule has 0 aliphatic heterocycles. The third-order valence-corrected chi connectivity index (χ3v) is 4.20. The summed E-state index contributed by atoms with van der Waals surface area (Å²) in [5.74, 6) is 0.279. The second-order valence-electron chi connectivity index (χ2n) is 5.36. The molecule has 3 aromatic rings. The van der Waals surface area contributed by atoms with E-state index in [1.807, 2.05) is 23.6 Å². The van der Waals surface area contributed by atoms with Crippen LogP contribution in [0.4, 0.5) is 10.8 Å². The van der Waals surface area contributed by atoms with Crippen molar-refractivity contribution in [3.8, 4) is 11.3 Å². The second kappa shape index (κ2) is 8.26. The number of rotatable bonds is 6. The molecule has 7 heteroatoms.